The van der Waals surface area contributed by atoms with Gasteiger partial charge in [0.15, 0.2) is 0 Å². The van der Waals surface area contributed by atoms with Crippen LogP contribution in [-0.2, 0) is 0 Å². The van der Waals surface area contributed by atoms with Gasteiger partial charge in [0.05, 0.1) is 12.2 Å². The van der Waals surface area contributed by atoms with Crippen LogP contribution in [0.2, 0.25) is 0 Å². The minimum absolute atomic E-state index is 0.262. The van der Waals surface area contributed by atoms with E-state index in [2.05, 4.69) is 10.3 Å². The van der Waals surface area contributed by atoms with Gasteiger partial charge in [0.2, 0.25) is 5.89 Å². The van der Waals surface area contributed by atoms with Crippen molar-refractivity contribution in [3.8, 4) is 0 Å². The summed E-state index contributed by atoms with van der Waals surface area (Å²) in [4.78, 5) is 4.28. The van der Waals surface area contributed by atoms with Crippen LogP contribution in [0.3, 0.4) is 0 Å². The molecule has 1 aliphatic rings. The van der Waals surface area contributed by atoms with E-state index in [9.17, 15) is 0 Å². The second-order valence-electron chi connectivity index (χ2n) is 3.89. The normalized spacial score (nSPS) is 24.0. The van der Waals surface area contributed by atoms with Gasteiger partial charge in [-0.3, -0.25) is 0 Å². The Balaban J connectivity index is 2.08. The van der Waals surface area contributed by atoms with Crippen LogP contribution in [-0.4, -0.2) is 18.1 Å². The van der Waals surface area contributed by atoms with Gasteiger partial charge in [-0.15, -0.1) is 0 Å². The predicted octanol–water partition coefficient (Wildman–Crippen LogP) is 1.16. The predicted molar refractivity (Wildman–Crippen MR) is 54.0 cm³/mol. The summed E-state index contributed by atoms with van der Waals surface area (Å²) in [5.41, 5.74) is 5.56. The number of oxazole rings is 1. The molecular weight excluding hydrogens is 178 g/mol. The largest absolute Gasteiger partial charge is 0.444 e. The zero-order chi connectivity index (χ0) is 9.97. The Labute approximate surface area is 83.9 Å². The summed E-state index contributed by atoms with van der Waals surface area (Å²) in [6.07, 6.45) is 4.12. The fraction of sp³-hybridized carbons (Fsp3) is 0.700. The highest BCUT2D eigenvalue weighted by Crippen LogP contribution is 2.24. The van der Waals surface area contributed by atoms with E-state index in [1.165, 1.54) is 6.42 Å². The van der Waals surface area contributed by atoms with Crippen molar-refractivity contribution in [1.29, 1.82) is 0 Å². The fourth-order valence-corrected chi connectivity index (χ4v) is 1.70. The molecule has 2 atom stereocenters. The van der Waals surface area contributed by atoms with Gasteiger partial charge >= 0.3 is 0 Å². The summed E-state index contributed by atoms with van der Waals surface area (Å²) in [5.74, 6) is 1.98. The number of nitrogens with zero attached hydrogens (tertiary/aromatic N) is 1. The maximum Gasteiger partial charge on any atom is 0.211 e. The van der Waals surface area contributed by atoms with E-state index in [-0.39, 0.29) is 5.92 Å². The number of nitrogens with two attached hydrogens (primary N) is 1. The maximum absolute atomic E-state index is 5.67. The Bertz CT molecular complexity index is 291. The molecule has 4 nitrogen and oxygen atoms in total. The van der Waals surface area contributed by atoms with E-state index in [4.69, 9.17) is 10.2 Å². The third kappa shape index (κ3) is 1.81. The Hall–Kier alpha value is -0.870. The maximum atomic E-state index is 5.67. The molecule has 2 heterocycles. The number of nitrogens with one attached hydrogen (secondary N) is 1. The molecule has 2 rings (SSSR count). The standard InChI is InChI=1S/C10H17N3O/c1-7(5-11)9-6-13-10(14-9)8-3-2-4-12-8/h6-8,12H,2-5,11H2,1H3. The first-order valence-electron chi connectivity index (χ1n) is 5.20. The Morgan fingerprint density at radius 1 is 1.79 bits per heavy atom. The molecule has 1 saturated heterocycles. The van der Waals surface area contributed by atoms with Crippen LogP contribution in [0, 0.1) is 0 Å². The number of rotatable bonds is 3. The van der Waals surface area contributed by atoms with E-state index in [0.29, 0.717) is 12.6 Å². The first kappa shape index (κ1) is 9.68. The van der Waals surface area contributed by atoms with Crippen LogP contribution >= 0.6 is 0 Å². The molecule has 3 N–H and O–H groups in total. The van der Waals surface area contributed by atoms with Gasteiger partial charge in [-0.25, -0.2) is 4.98 Å². The SMILES string of the molecule is CC(CN)c1cnc(C2CCCN2)o1. The highest BCUT2D eigenvalue weighted by molar-refractivity contribution is 5.04. The van der Waals surface area contributed by atoms with E-state index in [0.717, 1.165) is 24.6 Å². The second-order valence-corrected chi connectivity index (χ2v) is 3.89. The van der Waals surface area contributed by atoms with E-state index in [1.807, 2.05) is 6.92 Å². The lowest BCUT2D eigenvalue weighted by Gasteiger charge is -2.05. The van der Waals surface area contributed by atoms with Crippen molar-refractivity contribution in [2.45, 2.75) is 31.7 Å². The van der Waals surface area contributed by atoms with Gasteiger partial charge in [0.1, 0.15) is 5.76 Å². The molecule has 0 amide bonds. The number of hydrogen-bond donors (Lipinski definition) is 2. The smallest absolute Gasteiger partial charge is 0.211 e. The van der Waals surface area contributed by atoms with Crippen molar-refractivity contribution in [3.63, 3.8) is 0 Å². The molecule has 1 fully saturated rings. The van der Waals surface area contributed by atoms with Crippen molar-refractivity contribution >= 4 is 0 Å². The van der Waals surface area contributed by atoms with Crippen LogP contribution in [0.5, 0.6) is 0 Å². The van der Waals surface area contributed by atoms with Crippen LogP contribution < -0.4 is 11.1 Å². The van der Waals surface area contributed by atoms with Crippen molar-refractivity contribution < 1.29 is 4.42 Å². The van der Waals surface area contributed by atoms with Crippen LogP contribution in [0.25, 0.3) is 0 Å². The highest BCUT2D eigenvalue weighted by atomic mass is 16.4. The number of hydrogen-bond acceptors (Lipinski definition) is 4. The van der Waals surface area contributed by atoms with E-state index < -0.39 is 0 Å². The third-order valence-electron chi connectivity index (χ3n) is 2.74. The topological polar surface area (TPSA) is 64.1 Å². The van der Waals surface area contributed by atoms with Crippen LogP contribution in [0.15, 0.2) is 10.6 Å². The van der Waals surface area contributed by atoms with E-state index >= 15 is 0 Å². The molecular formula is C10H17N3O. The lowest BCUT2D eigenvalue weighted by molar-refractivity contribution is 0.391. The second kappa shape index (κ2) is 4.11. The zero-order valence-corrected chi connectivity index (χ0v) is 8.49. The summed E-state index contributed by atoms with van der Waals surface area (Å²) in [6.45, 7) is 3.72. The number of aromatic nitrogens is 1. The zero-order valence-electron chi connectivity index (χ0n) is 8.49. The molecule has 14 heavy (non-hydrogen) atoms. The van der Waals surface area contributed by atoms with Crippen LogP contribution in [0.4, 0.5) is 0 Å². The molecule has 4 heteroatoms. The Morgan fingerprint density at radius 2 is 2.64 bits per heavy atom. The molecule has 1 aromatic heterocycles. The summed E-state index contributed by atoms with van der Waals surface area (Å²) < 4.78 is 5.67. The van der Waals surface area contributed by atoms with Gasteiger partial charge in [0.25, 0.3) is 0 Å². The molecule has 1 aliphatic heterocycles. The molecule has 0 saturated carbocycles. The molecule has 1 aromatic rings. The molecule has 0 aromatic carbocycles. The van der Waals surface area contributed by atoms with Crippen molar-refractivity contribution in [2.75, 3.05) is 13.1 Å². The van der Waals surface area contributed by atoms with Gasteiger partial charge in [-0.1, -0.05) is 6.92 Å². The minimum atomic E-state index is 0.262. The molecule has 0 aliphatic carbocycles. The van der Waals surface area contributed by atoms with Gasteiger partial charge in [0, 0.05) is 12.5 Å². The van der Waals surface area contributed by atoms with Crippen LogP contribution in [0.1, 0.15) is 43.4 Å². The molecule has 0 bridgehead atoms. The molecule has 78 valence electrons. The van der Waals surface area contributed by atoms with Crippen molar-refractivity contribution in [2.24, 2.45) is 5.73 Å². The van der Waals surface area contributed by atoms with Gasteiger partial charge in [-0.2, -0.15) is 0 Å². The molecule has 0 radical (unpaired) electrons. The average molecular weight is 195 g/mol. The first-order valence-corrected chi connectivity index (χ1v) is 5.20. The Morgan fingerprint density at radius 3 is 3.29 bits per heavy atom. The lowest BCUT2D eigenvalue weighted by atomic mass is 10.1. The average Bonchev–Trinajstić information content (AvgIpc) is 2.86. The summed E-state index contributed by atoms with van der Waals surface area (Å²) in [6, 6.07) is 0.314. The van der Waals surface area contributed by atoms with E-state index in [1.54, 1.807) is 6.20 Å². The monoisotopic (exact) mass is 195 g/mol. The van der Waals surface area contributed by atoms with Crippen molar-refractivity contribution in [3.05, 3.63) is 17.8 Å². The molecule has 2 unspecified atom stereocenters. The minimum Gasteiger partial charge on any atom is -0.444 e. The van der Waals surface area contributed by atoms with Gasteiger partial charge < -0.3 is 15.5 Å². The fourth-order valence-electron chi connectivity index (χ4n) is 1.70. The van der Waals surface area contributed by atoms with Gasteiger partial charge in [-0.05, 0) is 19.4 Å². The summed E-state index contributed by atoms with van der Waals surface area (Å²) in [5, 5.41) is 3.36. The molecule has 0 spiro atoms. The third-order valence-corrected chi connectivity index (χ3v) is 2.74. The quantitative estimate of drug-likeness (QED) is 0.759. The summed E-state index contributed by atoms with van der Waals surface area (Å²) >= 11 is 0. The Kier molecular flexibility index (Phi) is 2.84. The summed E-state index contributed by atoms with van der Waals surface area (Å²) in [7, 11) is 0. The highest BCUT2D eigenvalue weighted by Gasteiger charge is 2.21. The first-order chi connectivity index (χ1) is 6.81. The van der Waals surface area contributed by atoms with Crippen molar-refractivity contribution in [1.82, 2.24) is 10.3 Å². The lowest BCUT2D eigenvalue weighted by Crippen LogP contribution is -2.13.